The van der Waals surface area contributed by atoms with Gasteiger partial charge in [0.25, 0.3) is 11.5 Å². The number of aryl methyl sites for hydroxylation is 1. The Hall–Kier alpha value is -4.62. The molecule has 4 aliphatic rings. The molecule has 4 fully saturated rings. The van der Waals surface area contributed by atoms with Gasteiger partial charge in [0.1, 0.15) is 4.47 Å². The molecule has 0 saturated carbocycles. The Morgan fingerprint density at radius 3 is 2.43 bits per heavy atom. The molecule has 4 saturated heterocycles. The molecule has 8 rings (SSSR count). The molecule has 12 nitrogen and oxygen atoms in total. The minimum absolute atomic E-state index is 0.111. The fraction of sp³-hybridized carbons (Fsp3) is 0.463. The van der Waals surface area contributed by atoms with Crippen LogP contribution < -0.4 is 21.1 Å². The van der Waals surface area contributed by atoms with Gasteiger partial charge in [0, 0.05) is 81.6 Å². The van der Waals surface area contributed by atoms with Crippen molar-refractivity contribution in [3.05, 3.63) is 92.6 Å². The van der Waals surface area contributed by atoms with Gasteiger partial charge in [-0.1, -0.05) is 18.2 Å². The molecule has 1 unspecified atom stereocenters. The van der Waals surface area contributed by atoms with E-state index in [1.807, 2.05) is 23.1 Å². The molecular weight excluding hydrogens is 748 g/mol. The first kappa shape index (κ1) is 36.4. The van der Waals surface area contributed by atoms with E-state index in [1.165, 1.54) is 15.9 Å². The molecule has 3 amide bonds. The zero-order valence-corrected chi connectivity index (χ0v) is 32.5. The van der Waals surface area contributed by atoms with Crippen LogP contribution in [-0.2, 0) is 16.6 Å². The molecule has 2 N–H and O–H groups in total. The molecular formula is C41H47BrN8O4. The second kappa shape index (κ2) is 14.9. The highest BCUT2D eigenvalue weighted by Crippen LogP contribution is 2.43. The van der Waals surface area contributed by atoms with Crippen molar-refractivity contribution >= 4 is 55.8 Å². The molecule has 54 heavy (non-hydrogen) atoms. The molecule has 282 valence electrons. The highest BCUT2D eigenvalue weighted by Gasteiger charge is 2.39. The molecule has 6 heterocycles. The van der Waals surface area contributed by atoms with E-state index in [1.54, 1.807) is 19.4 Å². The number of anilines is 2. The number of nitrogens with zero attached hydrogens (tertiary/aromatic N) is 6. The van der Waals surface area contributed by atoms with Gasteiger partial charge in [-0.3, -0.25) is 29.5 Å². The number of carbonyl (C=O) groups is 3. The lowest BCUT2D eigenvalue weighted by Gasteiger charge is -2.47. The van der Waals surface area contributed by atoms with Crippen molar-refractivity contribution in [1.29, 1.82) is 0 Å². The summed E-state index contributed by atoms with van der Waals surface area (Å²) in [6, 6.07) is 16.8. The molecule has 4 aromatic rings. The summed E-state index contributed by atoms with van der Waals surface area (Å²) in [5.41, 5.74) is 4.67. The Bertz CT molecular complexity index is 2140. The Morgan fingerprint density at radius 1 is 0.944 bits per heavy atom. The summed E-state index contributed by atoms with van der Waals surface area (Å²) in [6.07, 6.45) is 9.41. The predicted octanol–water partition coefficient (Wildman–Crippen LogP) is 5.03. The van der Waals surface area contributed by atoms with E-state index in [4.69, 9.17) is 0 Å². The minimum atomic E-state index is -0.411. The summed E-state index contributed by atoms with van der Waals surface area (Å²) in [5, 5.41) is 12.2. The van der Waals surface area contributed by atoms with Crippen LogP contribution in [0.15, 0.2) is 70.2 Å². The number of pyridine rings is 1. The number of benzene rings is 2. The third kappa shape index (κ3) is 7.27. The maximum Gasteiger partial charge on any atom is 0.282 e. The van der Waals surface area contributed by atoms with Crippen molar-refractivity contribution in [3.8, 4) is 0 Å². The van der Waals surface area contributed by atoms with Gasteiger partial charge < -0.3 is 20.0 Å². The van der Waals surface area contributed by atoms with E-state index in [2.05, 4.69) is 83.8 Å². The SMILES string of the molecule is CN1C[C@@H](Nc2cnn(C)c(=O)c2Br)C[C@@H](c2ccc(C(=O)N3CCC4(CC3)CCN(c3ccc5c(C6CCC(=O)NC6=O)nccc5c3)CC4)cc2)C1. The van der Waals surface area contributed by atoms with E-state index in [0.29, 0.717) is 28.9 Å². The lowest BCUT2D eigenvalue weighted by atomic mass is 9.71. The largest absolute Gasteiger partial charge is 0.379 e. The predicted molar refractivity (Wildman–Crippen MR) is 212 cm³/mol. The second-order valence-corrected chi connectivity index (χ2v) is 16.6. The van der Waals surface area contributed by atoms with E-state index in [0.717, 1.165) is 93.4 Å². The van der Waals surface area contributed by atoms with Crippen molar-refractivity contribution in [2.45, 2.75) is 62.8 Å². The Labute approximate surface area is 323 Å². The average Bonchev–Trinajstić information content (AvgIpc) is 3.18. The van der Waals surface area contributed by atoms with Gasteiger partial charge in [-0.2, -0.15) is 5.10 Å². The zero-order valence-electron chi connectivity index (χ0n) is 30.9. The number of hydrogen-bond donors (Lipinski definition) is 2. The minimum Gasteiger partial charge on any atom is -0.379 e. The van der Waals surface area contributed by atoms with E-state index in [9.17, 15) is 19.2 Å². The topological polar surface area (TPSA) is 133 Å². The number of aromatic nitrogens is 3. The number of amides is 3. The molecule has 0 bridgehead atoms. The maximum atomic E-state index is 13.7. The Morgan fingerprint density at radius 2 is 1.69 bits per heavy atom. The van der Waals surface area contributed by atoms with Gasteiger partial charge in [-0.15, -0.1) is 0 Å². The first-order valence-corrected chi connectivity index (χ1v) is 19.9. The average molecular weight is 796 g/mol. The van der Waals surface area contributed by atoms with Crippen molar-refractivity contribution < 1.29 is 14.4 Å². The number of halogens is 1. The standard InChI is InChI=1S/C41H47BrN8O4/c1-47-24-29(21-30(25-47)45-34-23-44-48(2)40(54)36(34)42)26-3-5-27(6-4-26)39(53)50-19-14-41(15-20-50)12-17-49(18-13-41)31-7-8-32-28(22-31)11-16-43-37(32)33-9-10-35(51)46-38(33)52/h3-8,11,16,22-23,29-30,33,45H,9-10,12-15,17-21,24-25H2,1-2H3,(H,46,51,52)/t29-,30+,33?/m1/s1. The van der Waals surface area contributed by atoms with Crippen LogP contribution in [0.5, 0.6) is 0 Å². The lowest BCUT2D eigenvalue weighted by Crippen LogP contribution is -2.48. The third-order valence-electron chi connectivity index (χ3n) is 12.3. The highest BCUT2D eigenvalue weighted by molar-refractivity contribution is 9.10. The number of imide groups is 1. The van der Waals surface area contributed by atoms with Crippen LogP contribution in [-0.4, -0.2) is 94.6 Å². The van der Waals surface area contributed by atoms with Gasteiger partial charge in [0.2, 0.25) is 11.8 Å². The second-order valence-electron chi connectivity index (χ2n) is 15.8. The first-order valence-electron chi connectivity index (χ1n) is 19.1. The number of fused-ring (bicyclic) bond motifs is 1. The quantitative estimate of drug-likeness (QED) is 0.258. The molecule has 1 spiro atoms. The Balaban J connectivity index is 0.850. The molecule has 13 heteroatoms. The van der Waals surface area contributed by atoms with E-state index in [-0.39, 0.29) is 34.7 Å². The molecule has 2 aromatic heterocycles. The summed E-state index contributed by atoms with van der Waals surface area (Å²) in [4.78, 5) is 61.7. The van der Waals surface area contributed by atoms with Gasteiger partial charge in [0.15, 0.2) is 0 Å². The van der Waals surface area contributed by atoms with Crippen LogP contribution in [0.1, 0.15) is 78.4 Å². The summed E-state index contributed by atoms with van der Waals surface area (Å²) in [7, 11) is 3.76. The van der Waals surface area contributed by atoms with Crippen LogP contribution in [0.4, 0.5) is 11.4 Å². The lowest BCUT2D eigenvalue weighted by molar-refractivity contribution is -0.134. The summed E-state index contributed by atoms with van der Waals surface area (Å²) in [5.74, 6) is -0.484. The third-order valence-corrected chi connectivity index (χ3v) is 13.1. The van der Waals surface area contributed by atoms with Crippen LogP contribution in [0, 0.1) is 5.41 Å². The molecule has 0 aliphatic carbocycles. The fourth-order valence-electron chi connectivity index (χ4n) is 9.12. The molecule has 0 radical (unpaired) electrons. The molecule has 4 aliphatic heterocycles. The number of likely N-dealkylation sites (tertiary alicyclic amines) is 2. The van der Waals surface area contributed by atoms with Gasteiger partial charge >= 0.3 is 0 Å². The molecule has 2 aromatic carbocycles. The van der Waals surface area contributed by atoms with Gasteiger partial charge in [-0.05, 0) is 114 Å². The number of rotatable bonds is 6. The highest BCUT2D eigenvalue weighted by atomic mass is 79.9. The van der Waals surface area contributed by atoms with Gasteiger partial charge in [0.05, 0.1) is 23.5 Å². The number of likely N-dealkylation sites (N-methyl/N-ethyl adjacent to an activating group) is 1. The number of hydrogen-bond acceptors (Lipinski definition) is 9. The molecule has 3 atom stereocenters. The van der Waals surface area contributed by atoms with E-state index < -0.39 is 5.92 Å². The summed E-state index contributed by atoms with van der Waals surface area (Å²) >= 11 is 3.44. The Kier molecular flexibility index (Phi) is 10.0. The van der Waals surface area contributed by atoms with Crippen molar-refractivity contribution in [2.24, 2.45) is 12.5 Å². The summed E-state index contributed by atoms with van der Waals surface area (Å²) < 4.78 is 1.81. The van der Waals surface area contributed by atoms with Crippen LogP contribution >= 0.6 is 15.9 Å². The van der Waals surface area contributed by atoms with Crippen LogP contribution in [0.3, 0.4) is 0 Å². The summed E-state index contributed by atoms with van der Waals surface area (Å²) in [6.45, 7) is 5.28. The van der Waals surface area contributed by atoms with Crippen molar-refractivity contribution in [3.63, 3.8) is 0 Å². The van der Waals surface area contributed by atoms with Gasteiger partial charge in [-0.25, -0.2) is 4.68 Å². The fourth-order valence-corrected chi connectivity index (χ4v) is 9.59. The van der Waals surface area contributed by atoms with E-state index >= 15 is 0 Å². The number of piperidine rings is 4. The number of nitrogens with one attached hydrogen (secondary N) is 2. The maximum absolute atomic E-state index is 13.7. The monoisotopic (exact) mass is 794 g/mol. The normalized spacial score (nSPS) is 23.4. The van der Waals surface area contributed by atoms with Crippen LogP contribution in [0.25, 0.3) is 10.8 Å². The number of carbonyl (C=O) groups excluding carboxylic acids is 3. The van der Waals surface area contributed by atoms with Crippen molar-refractivity contribution in [1.82, 2.24) is 29.9 Å². The van der Waals surface area contributed by atoms with Crippen LogP contribution in [0.2, 0.25) is 0 Å². The van der Waals surface area contributed by atoms with Crippen molar-refractivity contribution in [2.75, 3.05) is 56.5 Å². The smallest absolute Gasteiger partial charge is 0.282 e. The zero-order chi connectivity index (χ0) is 37.6. The first-order chi connectivity index (χ1) is 26.1.